The summed E-state index contributed by atoms with van der Waals surface area (Å²) < 4.78 is 0. The van der Waals surface area contributed by atoms with Gasteiger partial charge in [-0.3, -0.25) is 4.79 Å². The molecule has 0 bridgehead atoms. The van der Waals surface area contributed by atoms with E-state index < -0.39 is 18.2 Å². The Morgan fingerprint density at radius 2 is 2.00 bits per heavy atom. The number of hydrogen-bond acceptors (Lipinski definition) is 6. The molecule has 10 heavy (non-hydrogen) atoms. The maximum absolute atomic E-state index is 10.2. The van der Waals surface area contributed by atoms with Gasteiger partial charge in [-0.25, -0.2) is 10.9 Å². The maximum atomic E-state index is 10.2. The Morgan fingerprint density at radius 3 is 2.40 bits per heavy atom. The van der Waals surface area contributed by atoms with Gasteiger partial charge >= 0.3 is 5.97 Å². The third-order valence-corrected chi connectivity index (χ3v) is 1.16. The normalized spacial score (nSPS) is 22.9. The number of hydrazine groups is 3. The zero-order valence-electron chi connectivity index (χ0n) is 5.09. The molecule has 0 aliphatic carbocycles. The maximum Gasteiger partial charge on any atom is 0.323 e. The van der Waals surface area contributed by atoms with Gasteiger partial charge in [0.05, 0.1) is 0 Å². The van der Waals surface area contributed by atoms with Gasteiger partial charge in [-0.1, -0.05) is 0 Å². The van der Waals surface area contributed by atoms with E-state index in [1.54, 1.807) is 0 Å². The minimum absolute atomic E-state index is 0.488. The van der Waals surface area contributed by atoms with Crippen LogP contribution in [0.4, 0.5) is 0 Å². The number of nitrogens with one attached hydrogen (secondary N) is 4. The van der Waals surface area contributed by atoms with Gasteiger partial charge in [-0.2, -0.15) is 11.1 Å². The highest BCUT2D eigenvalue weighted by Crippen LogP contribution is 1.85. The first-order chi connectivity index (χ1) is 4.72. The Hall–Kier alpha value is -0.730. The largest absolute Gasteiger partial charge is 0.480 e. The fourth-order valence-corrected chi connectivity index (χ4v) is 0.586. The van der Waals surface area contributed by atoms with Gasteiger partial charge in [0.2, 0.25) is 0 Å². The molecule has 1 aliphatic heterocycles. The Labute approximate surface area is 56.9 Å². The van der Waals surface area contributed by atoms with Crippen LogP contribution in [-0.4, -0.2) is 23.3 Å². The van der Waals surface area contributed by atoms with Crippen molar-refractivity contribution in [2.75, 3.05) is 0 Å². The van der Waals surface area contributed by atoms with E-state index in [9.17, 15) is 4.79 Å². The summed E-state index contributed by atoms with van der Waals surface area (Å²) in [6, 6.07) is -0.970. The van der Waals surface area contributed by atoms with E-state index in [1.165, 1.54) is 0 Å². The molecule has 0 aromatic carbocycles. The minimum Gasteiger partial charge on any atom is -0.480 e. The molecule has 7 heteroatoms. The van der Waals surface area contributed by atoms with E-state index in [-0.39, 0.29) is 0 Å². The summed E-state index contributed by atoms with van der Waals surface area (Å²) in [5.74, 6) is -1.06. The summed E-state index contributed by atoms with van der Waals surface area (Å²) in [5.41, 5.74) is 15.2. The molecule has 0 radical (unpaired) electrons. The SMILES string of the molecule is NC(C(=O)O)C1NNNN1. The average Bonchev–Trinajstić information content (AvgIpc) is 2.36. The van der Waals surface area contributed by atoms with Gasteiger partial charge in [0.15, 0.2) is 0 Å². The molecule has 0 spiro atoms. The van der Waals surface area contributed by atoms with E-state index in [0.29, 0.717) is 0 Å². The Kier molecular flexibility index (Phi) is 2.14. The Morgan fingerprint density at radius 1 is 1.50 bits per heavy atom. The van der Waals surface area contributed by atoms with Crippen LogP contribution in [0.2, 0.25) is 0 Å². The highest BCUT2D eigenvalue weighted by atomic mass is 16.4. The summed E-state index contributed by atoms with van der Waals surface area (Å²) >= 11 is 0. The van der Waals surface area contributed by atoms with Gasteiger partial charge in [-0.15, -0.1) is 0 Å². The van der Waals surface area contributed by atoms with Gasteiger partial charge in [0.25, 0.3) is 0 Å². The van der Waals surface area contributed by atoms with Crippen LogP contribution in [0.15, 0.2) is 0 Å². The minimum atomic E-state index is -1.06. The molecular weight excluding hydrogens is 138 g/mol. The lowest BCUT2D eigenvalue weighted by molar-refractivity contribution is -0.139. The summed E-state index contributed by atoms with van der Waals surface area (Å²) in [4.78, 5) is 10.2. The fourth-order valence-electron chi connectivity index (χ4n) is 0.586. The number of rotatable bonds is 2. The second-order valence-electron chi connectivity index (χ2n) is 1.88. The number of hydrogen-bond donors (Lipinski definition) is 6. The molecular formula is C3H9N5O2. The van der Waals surface area contributed by atoms with Crippen molar-refractivity contribution in [3.8, 4) is 0 Å². The third-order valence-electron chi connectivity index (χ3n) is 1.16. The van der Waals surface area contributed by atoms with Crippen LogP contribution < -0.4 is 27.7 Å². The van der Waals surface area contributed by atoms with Crippen molar-refractivity contribution in [2.24, 2.45) is 5.73 Å². The second kappa shape index (κ2) is 2.90. The van der Waals surface area contributed by atoms with Gasteiger partial charge in [-0.05, 0) is 0 Å². The number of carbonyl (C=O) groups is 1. The smallest absolute Gasteiger partial charge is 0.323 e. The molecule has 0 aromatic rings. The van der Waals surface area contributed by atoms with Crippen LogP contribution >= 0.6 is 0 Å². The second-order valence-corrected chi connectivity index (χ2v) is 1.88. The van der Waals surface area contributed by atoms with Crippen LogP contribution in [-0.2, 0) is 4.79 Å². The highest BCUT2D eigenvalue weighted by molar-refractivity contribution is 5.74. The molecule has 0 saturated carbocycles. The quantitative estimate of drug-likeness (QED) is 0.244. The van der Waals surface area contributed by atoms with Crippen LogP contribution in [0.5, 0.6) is 0 Å². The molecule has 1 aliphatic rings. The van der Waals surface area contributed by atoms with Crippen LogP contribution in [0.1, 0.15) is 0 Å². The molecule has 7 nitrogen and oxygen atoms in total. The molecule has 7 N–H and O–H groups in total. The molecule has 58 valence electrons. The topological polar surface area (TPSA) is 111 Å². The lowest BCUT2D eigenvalue weighted by Gasteiger charge is -2.12. The number of nitrogens with two attached hydrogens (primary N) is 1. The van der Waals surface area contributed by atoms with E-state index >= 15 is 0 Å². The molecule has 1 rings (SSSR count). The van der Waals surface area contributed by atoms with Crippen LogP contribution in [0.3, 0.4) is 0 Å². The highest BCUT2D eigenvalue weighted by Gasteiger charge is 2.25. The molecule has 1 atom stereocenters. The summed E-state index contributed by atoms with van der Waals surface area (Å²) in [6.45, 7) is 0. The monoisotopic (exact) mass is 147 g/mol. The van der Waals surface area contributed by atoms with Crippen LogP contribution in [0, 0.1) is 0 Å². The molecule has 1 unspecified atom stereocenters. The van der Waals surface area contributed by atoms with E-state index in [4.69, 9.17) is 10.8 Å². The Balaban J connectivity index is 2.39. The van der Waals surface area contributed by atoms with E-state index in [0.717, 1.165) is 0 Å². The van der Waals surface area contributed by atoms with Crippen molar-refractivity contribution in [3.05, 3.63) is 0 Å². The standard InChI is InChI=1S/C3H9N5O2/c4-1(3(9)10)2-5-7-8-6-2/h1-2,5-8H,4H2,(H,9,10). The number of aliphatic carboxylic acids is 1. The zero-order valence-corrected chi connectivity index (χ0v) is 5.09. The van der Waals surface area contributed by atoms with Crippen molar-refractivity contribution < 1.29 is 9.90 Å². The number of carboxylic acids is 1. The predicted molar refractivity (Wildman–Crippen MR) is 31.9 cm³/mol. The zero-order chi connectivity index (χ0) is 7.56. The molecule has 1 saturated heterocycles. The van der Waals surface area contributed by atoms with Crippen molar-refractivity contribution >= 4 is 5.97 Å². The Bertz CT molecular complexity index is 133. The van der Waals surface area contributed by atoms with E-state index in [1.807, 2.05) is 0 Å². The lowest BCUT2D eigenvalue weighted by atomic mass is 10.2. The first kappa shape index (κ1) is 7.38. The first-order valence-electron chi connectivity index (χ1n) is 2.71. The molecule has 0 amide bonds. The van der Waals surface area contributed by atoms with Crippen molar-refractivity contribution in [3.63, 3.8) is 0 Å². The molecule has 1 heterocycles. The average molecular weight is 147 g/mol. The van der Waals surface area contributed by atoms with Crippen molar-refractivity contribution in [1.82, 2.24) is 21.9 Å². The van der Waals surface area contributed by atoms with Gasteiger partial charge in [0.1, 0.15) is 12.2 Å². The summed E-state index contributed by atoms with van der Waals surface area (Å²) in [7, 11) is 0. The van der Waals surface area contributed by atoms with Gasteiger partial charge in [0, 0.05) is 0 Å². The van der Waals surface area contributed by atoms with Crippen LogP contribution in [0.25, 0.3) is 0 Å². The molecule has 0 aromatic heterocycles. The van der Waals surface area contributed by atoms with Gasteiger partial charge < -0.3 is 10.8 Å². The fraction of sp³-hybridized carbons (Fsp3) is 0.667. The van der Waals surface area contributed by atoms with Crippen molar-refractivity contribution in [1.29, 1.82) is 0 Å². The number of carboxylic acid groups (broad SMARTS) is 1. The third kappa shape index (κ3) is 1.40. The first-order valence-corrected chi connectivity index (χ1v) is 2.71. The summed E-state index contributed by atoms with van der Waals surface area (Å²) in [6.07, 6.45) is -0.488. The van der Waals surface area contributed by atoms with E-state index in [2.05, 4.69) is 21.9 Å². The summed E-state index contributed by atoms with van der Waals surface area (Å²) in [5, 5.41) is 8.38. The predicted octanol–water partition coefficient (Wildman–Crippen LogP) is -3.16. The van der Waals surface area contributed by atoms with Crippen molar-refractivity contribution in [2.45, 2.75) is 12.2 Å². The lowest BCUT2D eigenvalue weighted by Crippen LogP contribution is -2.53. The molecule has 1 fully saturated rings.